The molecule has 0 fully saturated rings. The van der Waals surface area contributed by atoms with E-state index in [4.69, 9.17) is 12.3 Å². The van der Waals surface area contributed by atoms with E-state index in [9.17, 15) is 22.0 Å². The molecular weight excluding hydrogens is 407 g/mol. The number of rotatable bonds is 2. The Labute approximate surface area is 168 Å². The molecule has 2 N–H and O–H groups in total. The highest BCUT2D eigenvalue weighted by molar-refractivity contribution is 5.73. The van der Waals surface area contributed by atoms with Crippen molar-refractivity contribution in [2.75, 3.05) is 6.67 Å². The van der Waals surface area contributed by atoms with Crippen molar-refractivity contribution in [3.63, 3.8) is 0 Å². The summed E-state index contributed by atoms with van der Waals surface area (Å²) in [4.78, 5) is 10.8. The number of hydrogen-bond donors (Lipinski definition) is 1. The van der Waals surface area contributed by atoms with Crippen molar-refractivity contribution in [1.29, 1.82) is 0 Å². The molecule has 0 spiro atoms. The van der Waals surface area contributed by atoms with Crippen LogP contribution in [0.2, 0.25) is 0 Å². The first-order valence-electron chi connectivity index (χ1n) is 8.47. The molecule has 2 heterocycles. The van der Waals surface area contributed by atoms with Gasteiger partial charge in [-0.15, -0.1) is 0 Å². The molecule has 2 aromatic rings. The smallest absolute Gasteiger partial charge is 0.425 e. The van der Waals surface area contributed by atoms with Crippen LogP contribution in [0.3, 0.4) is 0 Å². The summed E-state index contributed by atoms with van der Waals surface area (Å²) < 4.78 is 72.4. The number of amidine groups is 1. The zero-order valence-corrected chi connectivity index (χ0v) is 15.2. The van der Waals surface area contributed by atoms with Crippen LogP contribution in [0.4, 0.5) is 27.6 Å². The standard InChI is InChI=1S/C20H13F5N4O/c1-27-14-6-5-13(28-10-14)4-2-12-3-7-16(22)15(8-12)19(11-21)9-17(20(23,24)25)30-18(26)29-19/h3,5-8,10,17H,9,11H2,(H2,26,29)/t17-,19+/m0/s1. The zero-order chi connectivity index (χ0) is 21.9. The summed E-state index contributed by atoms with van der Waals surface area (Å²) >= 11 is 0. The largest absolute Gasteiger partial charge is 0.452 e. The maximum absolute atomic E-state index is 14.5. The Morgan fingerprint density at radius 1 is 1.27 bits per heavy atom. The first-order chi connectivity index (χ1) is 14.2. The van der Waals surface area contributed by atoms with Crippen LogP contribution in [0.25, 0.3) is 4.85 Å². The van der Waals surface area contributed by atoms with Crippen molar-refractivity contribution >= 4 is 11.7 Å². The van der Waals surface area contributed by atoms with Crippen molar-refractivity contribution in [2.45, 2.75) is 24.2 Å². The molecule has 0 unspecified atom stereocenters. The van der Waals surface area contributed by atoms with Gasteiger partial charge in [0.05, 0.1) is 6.57 Å². The van der Waals surface area contributed by atoms with Crippen LogP contribution >= 0.6 is 0 Å². The summed E-state index contributed by atoms with van der Waals surface area (Å²) in [5, 5.41) is 0. The van der Waals surface area contributed by atoms with Gasteiger partial charge in [-0.3, -0.25) is 4.98 Å². The maximum Gasteiger partial charge on any atom is 0.425 e. The molecule has 3 rings (SSSR count). The number of alkyl halides is 4. The third kappa shape index (κ3) is 4.33. The van der Waals surface area contributed by atoms with Gasteiger partial charge in [-0.05, 0) is 30.2 Å². The average Bonchev–Trinajstić information content (AvgIpc) is 2.72. The number of halogens is 5. The van der Waals surface area contributed by atoms with Gasteiger partial charge >= 0.3 is 6.18 Å². The fourth-order valence-corrected chi connectivity index (χ4v) is 2.91. The van der Waals surface area contributed by atoms with E-state index in [0.717, 1.165) is 12.1 Å². The molecule has 0 radical (unpaired) electrons. The molecule has 5 nitrogen and oxygen atoms in total. The van der Waals surface area contributed by atoms with Crippen molar-refractivity contribution in [3.05, 3.63) is 70.6 Å². The predicted molar refractivity (Wildman–Crippen MR) is 97.7 cm³/mol. The van der Waals surface area contributed by atoms with Crippen LogP contribution in [0.15, 0.2) is 41.5 Å². The van der Waals surface area contributed by atoms with Crippen LogP contribution in [0.1, 0.15) is 23.2 Å². The van der Waals surface area contributed by atoms with Crippen molar-refractivity contribution in [2.24, 2.45) is 10.7 Å². The lowest BCUT2D eigenvalue weighted by molar-refractivity contribution is -0.209. The number of benzene rings is 1. The first kappa shape index (κ1) is 21.1. The maximum atomic E-state index is 14.5. The van der Waals surface area contributed by atoms with Crippen LogP contribution in [-0.2, 0) is 10.3 Å². The van der Waals surface area contributed by atoms with Gasteiger partial charge in [0.15, 0.2) is 6.10 Å². The number of ether oxygens (including phenoxy) is 1. The quantitative estimate of drug-likeness (QED) is 0.454. The number of pyridine rings is 1. The zero-order valence-electron chi connectivity index (χ0n) is 15.2. The topological polar surface area (TPSA) is 64.9 Å². The number of hydrogen-bond acceptors (Lipinski definition) is 4. The monoisotopic (exact) mass is 420 g/mol. The molecular formula is C20H13F5N4O. The normalized spacial score (nSPS) is 20.9. The molecule has 0 saturated heterocycles. The molecule has 1 aromatic heterocycles. The Hall–Kier alpha value is -3.66. The Bertz CT molecular complexity index is 1080. The van der Waals surface area contributed by atoms with Gasteiger partial charge in [-0.2, -0.15) is 13.2 Å². The lowest BCUT2D eigenvalue weighted by Crippen LogP contribution is -2.48. The van der Waals surface area contributed by atoms with Gasteiger partial charge in [0.25, 0.3) is 6.02 Å². The van der Waals surface area contributed by atoms with E-state index < -0.39 is 48.3 Å². The molecule has 0 bridgehead atoms. The fraction of sp³-hybridized carbons (Fsp3) is 0.250. The first-order valence-corrected chi connectivity index (χ1v) is 8.47. The fourth-order valence-electron chi connectivity index (χ4n) is 2.91. The highest BCUT2D eigenvalue weighted by Gasteiger charge is 2.52. The van der Waals surface area contributed by atoms with E-state index >= 15 is 0 Å². The molecule has 2 atom stereocenters. The van der Waals surface area contributed by atoms with E-state index in [1.54, 1.807) is 0 Å². The summed E-state index contributed by atoms with van der Waals surface area (Å²) in [6, 6.07) is 5.53. The molecule has 0 amide bonds. The number of nitrogens with two attached hydrogens (primary N) is 1. The Kier molecular flexibility index (Phi) is 5.61. The van der Waals surface area contributed by atoms with E-state index in [1.807, 2.05) is 0 Å². The third-order valence-corrected chi connectivity index (χ3v) is 4.38. The van der Waals surface area contributed by atoms with Crippen molar-refractivity contribution in [1.82, 2.24) is 4.98 Å². The SMILES string of the molecule is [C-]#[N+]c1ccc(C#Cc2ccc(F)c([C@]3(CF)C[C@@H](C(F)(F)F)OC(N)=N3)c2)nc1. The molecule has 154 valence electrons. The van der Waals surface area contributed by atoms with Gasteiger partial charge in [0, 0.05) is 23.7 Å². The molecule has 0 aliphatic carbocycles. The number of aromatic nitrogens is 1. The molecule has 1 aliphatic rings. The molecule has 30 heavy (non-hydrogen) atoms. The summed E-state index contributed by atoms with van der Waals surface area (Å²) in [7, 11) is 0. The highest BCUT2D eigenvalue weighted by atomic mass is 19.4. The minimum atomic E-state index is -4.84. The van der Waals surface area contributed by atoms with E-state index in [0.29, 0.717) is 11.4 Å². The van der Waals surface area contributed by atoms with Crippen LogP contribution in [0.5, 0.6) is 0 Å². The Morgan fingerprint density at radius 3 is 2.63 bits per heavy atom. The van der Waals surface area contributed by atoms with Crippen LogP contribution in [0, 0.1) is 24.2 Å². The van der Waals surface area contributed by atoms with Crippen molar-refractivity contribution in [3.8, 4) is 11.8 Å². The lowest BCUT2D eigenvalue weighted by Gasteiger charge is -2.36. The Balaban J connectivity index is 2.00. The molecule has 1 aliphatic heterocycles. The second kappa shape index (κ2) is 7.99. The summed E-state index contributed by atoms with van der Waals surface area (Å²) in [6.07, 6.45) is -6.91. The van der Waals surface area contributed by atoms with Gasteiger partial charge in [0.2, 0.25) is 5.69 Å². The predicted octanol–water partition coefficient (Wildman–Crippen LogP) is 4.00. The second-order valence-corrected chi connectivity index (χ2v) is 6.43. The van der Waals surface area contributed by atoms with Gasteiger partial charge in [-0.25, -0.2) is 18.6 Å². The molecule has 0 saturated carbocycles. The summed E-state index contributed by atoms with van der Waals surface area (Å²) in [5.41, 5.74) is 3.58. The van der Waals surface area contributed by atoms with Gasteiger partial charge in [0.1, 0.15) is 23.7 Å². The molecule has 1 aromatic carbocycles. The lowest BCUT2D eigenvalue weighted by atomic mass is 9.84. The van der Waals surface area contributed by atoms with Gasteiger partial charge < -0.3 is 10.5 Å². The third-order valence-electron chi connectivity index (χ3n) is 4.38. The van der Waals surface area contributed by atoms with Crippen molar-refractivity contribution < 1.29 is 26.7 Å². The van der Waals surface area contributed by atoms with Crippen LogP contribution in [-0.4, -0.2) is 30.0 Å². The number of aliphatic imine (C=N–C) groups is 1. The minimum absolute atomic E-state index is 0.208. The van der Waals surface area contributed by atoms with E-state index in [1.165, 1.54) is 24.4 Å². The second-order valence-electron chi connectivity index (χ2n) is 6.43. The molecule has 10 heteroatoms. The average molecular weight is 420 g/mol. The minimum Gasteiger partial charge on any atom is -0.452 e. The summed E-state index contributed by atoms with van der Waals surface area (Å²) in [5.74, 6) is 4.43. The van der Waals surface area contributed by atoms with E-state index in [-0.39, 0.29) is 5.56 Å². The van der Waals surface area contributed by atoms with Gasteiger partial charge in [-0.1, -0.05) is 12.0 Å². The Morgan fingerprint density at radius 2 is 2.03 bits per heavy atom. The highest BCUT2D eigenvalue weighted by Crippen LogP contribution is 2.41. The number of nitrogens with zero attached hydrogens (tertiary/aromatic N) is 3. The van der Waals surface area contributed by atoms with Crippen LogP contribution < -0.4 is 5.73 Å². The van der Waals surface area contributed by atoms with E-state index in [2.05, 4.69) is 31.4 Å². The summed E-state index contributed by atoms with van der Waals surface area (Å²) in [6.45, 7) is 5.46.